The van der Waals surface area contributed by atoms with E-state index in [0.717, 1.165) is 5.56 Å². The van der Waals surface area contributed by atoms with Crippen molar-refractivity contribution in [3.63, 3.8) is 0 Å². The molecule has 1 aliphatic heterocycles. The average molecular weight is 426 g/mol. The number of aryl methyl sites for hydroxylation is 1. The number of halogens is 2. The molecule has 152 valence electrons. The fraction of sp³-hybridized carbons (Fsp3) is 0.136. The molecule has 8 heteroatoms. The van der Waals surface area contributed by atoms with Crippen LogP contribution in [-0.2, 0) is 11.3 Å². The summed E-state index contributed by atoms with van der Waals surface area (Å²) in [4.78, 5) is 24.1. The molecule has 4 rings (SSSR count). The third-order valence-corrected chi connectivity index (χ3v) is 5.05. The van der Waals surface area contributed by atoms with Crippen LogP contribution in [0.1, 0.15) is 27.2 Å². The fourth-order valence-electron chi connectivity index (χ4n) is 3.12. The zero-order valence-electron chi connectivity index (χ0n) is 16.0. The van der Waals surface area contributed by atoms with Crippen LogP contribution < -0.4 is 10.1 Å². The Kier molecular flexibility index (Phi) is 5.37. The largest absolute Gasteiger partial charge is 0.482 e. The van der Waals surface area contributed by atoms with Gasteiger partial charge in [0.2, 0.25) is 0 Å². The Hall–Kier alpha value is -3.45. The number of carbonyl (C=O) groups excluding carboxylic acids is 2. The lowest BCUT2D eigenvalue weighted by molar-refractivity contribution is -0.118. The van der Waals surface area contributed by atoms with Gasteiger partial charge in [-0.25, -0.2) is 9.07 Å². The van der Waals surface area contributed by atoms with Crippen molar-refractivity contribution >= 4 is 35.1 Å². The molecule has 2 heterocycles. The summed E-state index contributed by atoms with van der Waals surface area (Å²) in [5.41, 5.74) is 3.01. The molecule has 1 amide bonds. The van der Waals surface area contributed by atoms with Crippen LogP contribution in [0.25, 0.3) is 6.08 Å². The lowest BCUT2D eigenvalue weighted by atomic mass is 10.1. The molecular formula is C22H17ClFN3O3. The molecule has 0 spiro atoms. The maximum Gasteiger partial charge on any atom is 0.262 e. The molecule has 0 radical (unpaired) electrons. The van der Waals surface area contributed by atoms with E-state index >= 15 is 0 Å². The van der Waals surface area contributed by atoms with E-state index in [4.69, 9.17) is 16.3 Å². The highest BCUT2D eigenvalue weighted by Crippen LogP contribution is 2.29. The van der Waals surface area contributed by atoms with Gasteiger partial charge in [0.1, 0.15) is 16.7 Å². The first-order valence-corrected chi connectivity index (χ1v) is 9.55. The second kappa shape index (κ2) is 8.12. The third kappa shape index (κ3) is 4.11. The predicted molar refractivity (Wildman–Crippen MR) is 111 cm³/mol. The van der Waals surface area contributed by atoms with Crippen molar-refractivity contribution in [1.82, 2.24) is 9.78 Å². The Morgan fingerprint density at radius 2 is 2.07 bits per heavy atom. The molecule has 0 atom stereocenters. The summed E-state index contributed by atoms with van der Waals surface area (Å²) in [7, 11) is 0. The van der Waals surface area contributed by atoms with Gasteiger partial charge in [-0.05, 0) is 55.0 Å². The van der Waals surface area contributed by atoms with E-state index in [2.05, 4.69) is 10.4 Å². The first kappa shape index (κ1) is 19.8. The summed E-state index contributed by atoms with van der Waals surface area (Å²) in [6, 6.07) is 11.0. The summed E-state index contributed by atoms with van der Waals surface area (Å²) in [6.07, 6.45) is 3.02. The van der Waals surface area contributed by atoms with Crippen molar-refractivity contribution < 1.29 is 18.7 Å². The molecule has 0 fully saturated rings. The van der Waals surface area contributed by atoms with Gasteiger partial charge < -0.3 is 10.1 Å². The number of fused-ring (bicyclic) bond motifs is 1. The van der Waals surface area contributed by atoms with Gasteiger partial charge in [0.15, 0.2) is 12.4 Å². The van der Waals surface area contributed by atoms with Crippen LogP contribution in [0.5, 0.6) is 5.75 Å². The van der Waals surface area contributed by atoms with Crippen LogP contribution in [-0.4, -0.2) is 28.1 Å². The molecular weight excluding hydrogens is 409 g/mol. The number of aromatic nitrogens is 2. The number of amides is 1. The number of ketones is 1. The number of hydrogen-bond acceptors (Lipinski definition) is 4. The minimum atomic E-state index is -0.308. The second-order valence-corrected chi connectivity index (χ2v) is 7.18. The van der Waals surface area contributed by atoms with Gasteiger partial charge in [0.25, 0.3) is 5.91 Å². The summed E-state index contributed by atoms with van der Waals surface area (Å²) in [6.45, 7) is 2.13. The van der Waals surface area contributed by atoms with Crippen molar-refractivity contribution in [2.24, 2.45) is 0 Å². The van der Waals surface area contributed by atoms with E-state index in [1.807, 2.05) is 0 Å². The lowest BCUT2D eigenvalue weighted by Crippen LogP contribution is -2.25. The maximum absolute atomic E-state index is 13.1. The quantitative estimate of drug-likeness (QED) is 0.489. The maximum atomic E-state index is 13.1. The number of carbonyl (C=O) groups is 2. The molecule has 30 heavy (non-hydrogen) atoms. The van der Waals surface area contributed by atoms with Crippen LogP contribution in [0, 0.1) is 12.7 Å². The zero-order valence-corrected chi connectivity index (χ0v) is 16.7. The van der Waals surface area contributed by atoms with Gasteiger partial charge in [-0.3, -0.25) is 9.59 Å². The van der Waals surface area contributed by atoms with Gasteiger partial charge in [0, 0.05) is 11.1 Å². The Bertz CT molecular complexity index is 1170. The highest BCUT2D eigenvalue weighted by atomic mass is 35.5. The molecule has 0 saturated carbocycles. The number of benzene rings is 2. The fourth-order valence-corrected chi connectivity index (χ4v) is 3.41. The Morgan fingerprint density at radius 1 is 1.30 bits per heavy atom. The van der Waals surface area contributed by atoms with Crippen LogP contribution in [0.4, 0.5) is 10.1 Å². The van der Waals surface area contributed by atoms with Crippen LogP contribution in [0.15, 0.2) is 48.5 Å². The molecule has 0 unspecified atom stereocenters. The van der Waals surface area contributed by atoms with E-state index in [0.29, 0.717) is 40.0 Å². The van der Waals surface area contributed by atoms with Crippen LogP contribution in [0.3, 0.4) is 0 Å². The van der Waals surface area contributed by atoms with E-state index in [9.17, 15) is 14.0 Å². The molecule has 1 aliphatic rings. The Labute approximate surface area is 176 Å². The van der Waals surface area contributed by atoms with Crippen LogP contribution in [0.2, 0.25) is 5.15 Å². The summed E-state index contributed by atoms with van der Waals surface area (Å²) < 4.78 is 20.0. The van der Waals surface area contributed by atoms with Gasteiger partial charge in [-0.1, -0.05) is 23.7 Å². The van der Waals surface area contributed by atoms with Crippen molar-refractivity contribution in [2.45, 2.75) is 13.5 Å². The van der Waals surface area contributed by atoms with Gasteiger partial charge in [-0.2, -0.15) is 5.10 Å². The number of anilines is 1. The van der Waals surface area contributed by atoms with E-state index in [1.54, 1.807) is 48.0 Å². The molecule has 0 bridgehead atoms. The number of allylic oxidation sites excluding steroid dienone is 1. The van der Waals surface area contributed by atoms with E-state index < -0.39 is 0 Å². The lowest BCUT2D eigenvalue weighted by Gasteiger charge is -2.17. The molecule has 1 N–H and O–H groups in total. The number of rotatable bonds is 5. The first-order chi connectivity index (χ1) is 14.4. The van der Waals surface area contributed by atoms with Crippen molar-refractivity contribution in [1.29, 1.82) is 0 Å². The smallest absolute Gasteiger partial charge is 0.262 e. The second-order valence-electron chi connectivity index (χ2n) is 6.82. The SMILES string of the molecule is Cc1nn(Cc2ccc(F)cc2)c(Cl)c1/C=C/C(=O)c1ccc2c(c1)NC(=O)CO2. The van der Waals surface area contributed by atoms with Crippen molar-refractivity contribution in [3.05, 3.63) is 81.9 Å². The topological polar surface area (TPSA) is 73.2 Å². The minimum Gasteiger partial charge on any atom is -0.482 e. The van der Waals surface area contributed by atoms with Crippen LogP contribution >= 0.6 is 11.6 Å². The number of nitrogens with zero attached hydrogens (tertiary/aromatic N) is 2. The summed E-state index contributed by atoms with van der Waals surface area (Å²) in [5.74, 6) is -0.300. The van der Waals surface area contributed by atoms with Gasteiger partial charge in [-0.15, -0.1) is 0 Å². The monoisotopic (exact) mass is 425 g/mol. The zero-order chi connectivity index (χ0) is 21.3. The van der Waals surface area contributed by atoms with E-state index in [-0.39, 0.29) is 24.1 Å². The van der Waals surface area contributed by atoms with Crippen molar-refractivity contribution in [2.75, 3.05) is 11.9 Å². The first-order valence-electron chi connectivity index (χ1n) is 9.17. The van der Waals surface area contributed by atoms with Crippen molar-refractivity contribution in [3.8, 4) is 5.75 Å². The van der Waals surface area contributed by atoms with E-state index in [1.165, 1.54) is 18.2 Å². The molecule has 2 aromatic carbocycles. The predicted octanol–water partition coefficient (Wildman–Crippen LogP) is 4.26. The molecule has 6 nitrogen and oxygen atoms in total. The Balaban J connectivity index is 1.53. The number of nitrogens with one attached hydrogen (secondary N) is 1. The third-order valence-electron chi connectivity index (χ3n) is 4.65. The molecule has 0 aliphatic carbocycles. The molecule has 3 aromatic rings. The molecule has 1 aromatic heterocycles. The number of ether oxygens (including phenoxy) is 1. The number of hydrogen-bond donors (Lipinski definition) is 1. The normalized spacial score (nSPS) is 13.1. The summed E-state index contributed by atoms with van der Waals surface area (Å²) >= 11 is 6.45. The standard InChI is InChI=1S/C22H17ClFN3O3/c1-13-17(22(23)27(26-13)11-14-2-5-16(24)6-3-14)7-8-19(28)15-4-9-20-18(10-15)25-21(29)12-30-20/h2-10H,11-12H2,1H3,(H,25,29)/b8-7+. The minimum absolute atomic E-state index is 0.0418. The highest BCUT2D eigenvalue weighted by molar-refractivity contribution is 6.31. The molecule has 0 saturated heterocycles. The average Bonchev–Trinajstić information content (AvgIpc) is 3.00. The summed E-state index contributed by atoms with van der Waals surface area (Å²) in [5, 5.41) is 7.47. The highest BCUT2D eigenvalue weighted by Gasteiger charge is 2.17. The Morgan fingerprint density at radius 3 is 2.83 bits per heavy atom. The van der Waals surface area contributed by atoms with Gasteiger partial charge in [0.05, 0.1) is 17.9 Å². The van der Waals surface area contributed by atoms with Gasteiger partial charge >= 0.3 is 0 Å².